The molecule has 1 saturated heterocycles. The number of amides is 1. The van der Waals surface area contributed by atoms with Crippen molar-refractivity contribution in [2.45, 2.75) is 37.2 Å². The molecular formula is C28H31N3O5S. The zero-order valence-corrected chi connectivity index (χ0v) is 21.8. The number of carbonyl (C=O) groups is 1. The number of hydrogen-bond donors (Lipinski definition) is 1. The van der Waals surface area contributed by atoms with Crippen molar-refractivity contribution in [1.29, 1.82) is 0 Å². The number of methoxy groups -OCH3 is 1. The summed E-state index contributed by atoms with van der Waals surface area (Å²) in [6.07, 6.45) is 2.62. The zero-order chi connectivity index (χ0) is 26.0. The van der Waals surface area contributed by atoms with E-state index in [2.05, 4.69) is 10.2 Å². The van der Waals surface area contributed by atoms with E-state index in [9.17, 15) is 13.2 Å². The summed E-state index contributed by atoms with van der Waals surface area (Å²) >= 11 is 0. The van der Waals surface area contributed by atoms with Gasteiger partial charge in [-0.1, -0.05) is 6.07 Å². The van der Waals surface area contributed by atoms with Gasteiger partial charge in [0.2, 0.25) is 0 Å². The maximum absolute atomic E-state index is 13.6. The average molecular weight is 522 g/mol. The minimum atomic E-state index is -3.96. The molecule has 2 aliphatic heterocycles. The third-order valence-corrected chi connectivity index (χ3v) is 8.57. The Morgan fingerprint density at radius 3 is 2.35 bits per heavy atom. The lowest BCUT2D eigenvalue weighted by Crippen LogP contribution is -2.48. The highest BCUT2D eigenvalue weighted by Crippen LogP contribution is 2.38. The lowest BCUT2D eigenvalue weighted by Gasteiger charge is -2.35. The molecule has 1 amide bonds. The van der Waals surface area contributed by atoms with E-state index in [0.29, 0.717) is 22.9 Å². The number of ether oxygens (including phenoxy) is 2. The molecule has 2 heterocycles. The van der Waals surface area contributed by atoms with Gasteiger partial charge in [0.05, 0.1) is 24.2 Å². The number of carbonyl (C=O) groups excluding carboxylic acids is 1. The van der Waals surface area contributed by atoms with Crippen LogP contribution >= 0.6 is 0 Å². The van der Waals surface area contributed by atoms with E-state index in [1.54, 1.807) is 24.3 Å². The molecule has 3 aromatic rings. The van der Waals surface area contributed by atoms with Crippen LogP contribution in [-0.2, 0) is 14.8 Å². The monoisotopic (exact) mass is 521 g/mol. The molecule has 194 valence electrons. The van der Waals surface area contributed by atoms with E-state index in [4.69, 9.17) is 9.47 Å². The Hall–Kier alpha value is -3.72. The molecule has 0 aromatic heterocycles. The van der Waals surface area contributed by atoms with Gasteiger partial charge in [-0.15, -0.1) is 0 Å². The van der Waals surface area contributed by atoms with Gasteiger partial charge in [-0.2, -0.15) is 0 Å². The first-order chi connectivity index (χ1) is 17.8. The molecule has 8 nitrogen and oxygen atoms in total. The Kier molecular flexibility index (Phi) is 6.97. The number of anilines is 3. The van der Waals surface area contributed by atoms with Crippen molar-refractivity contribution < 1.29 is 22.7 Å². The van der Waals surface area contributed by atoms with Gasteiger partial charge in [-0.25, -0.2) is 8.42 Å². The van der Waals surface area contributed by atoms with Crippen molar-refractivity contribution >= 4 is 33.0 Å². The number of sulfonamides is 1. The lowest BCUT2D eigenvalue weighted by atomic mass is 10.1. The molecule has 0 saturated carbocycles. The van der Waals surface area contributed by atoms with Crippen LogP contribution in [0.1, 0.15) is 24.8 Å². The molecule has 1 N–H and O–H groups in total. The van der Waals surface area contributed by atoms with Crippen molar-refractivity contribution in [2.24, 2.45) is 0 Å². The van der Waals surface area contributed by atoms with Crippen LogP contribution in [0, 0.1) is 6.92 Å². The molecule has 0 radical (unpaired) electrons. The molecule has 2 aliphatic rings. The van der Waals surface area contributed by atoms with Gasteiger partial charge in [0.1, 0.15) is 11.5 Å². The fourth-order valence-corrected chi connectivity index (χ4v) is 6.21. The summed E-state index contributed by atoms with van der Waals surface area (Å²) in [6, 6.07) is 19.2. The highest BCUT2D eigenvalue weighted by molar-refractivity contribution is 7.92. The van der Waals surface area contributed by atoms with E-state index in [1.165, 1.54) is 42.8 Å². The second-order valence-corrected chi connectivity index (χ2v) is 11.2. The predicted octanol–water partition coefficient (Wildman–Crippen LogP) is 4.59. The zero-order valence-electron chi connectivity index (χ0n) is 21.0. The highest BCUT2D eigenvalue weighted by Gasteiger charge is 2.37. The third kappa shape index (κ3) is 5.22. The van der Waals surface area contributed by atoms with E-state index < -0.39 is 22.0 Å². The first-order valence-electron chi connectivity index (χ1n) is 12.4. The number of nitrogens with one attached hydrogen (secondary N) is 1. The van der Waals surface area contributed by atoms with E-state index >= 15 is 0 Å². The minimum absolute atomic E-state index is 0.106. The summed E-state index contributed by atoms with van der Waals surface area (Å²) < 4.78 is 39.7. The summed E-state index contributed by atoms with van der Waals surface area (Å²) in [6.45, 7) is 3.82. The molecule has 5 rings (SSSR count). The Balaban J connectivity index is 1.38. The number of piperidine rings is 1. The van der Waals surface area contributed by atoms with Gasteiger partial charge in [0, 0.05) is 24.5 Å². The van der Waals surface area contributed by atoms with Crippen molar-refractivity contribution in [1.82, 2.24) is 0 Å². The van der Waals surface area contributed by atoms with Crippen LogP contribution < -0.4 is 24.0 Å². The molecule has 0 spiro atoms. The Morgan fingerprint density at radius 2 is 1.68 bits per heavy atom. The van der Waals surface area contributed by atoms with Crippen molar-refractivity contribution in [3.63, 3.8) is 0 Å². The molecule has 37 heavy (non-hydrogen) atoms. The molecular weight excluding hydrogens is 490 g/mol. The first-order valence-corrected chi connectivity index (χ1v) is 13.9. The fourth-order valence-electron chi connectivity index (χ4n) is 4.73. The van der Waals surface area contributed by atoms with Crippen molar-refractivity contribution in [3.8, 4) is 11.5 Å². The molecule has 9 heteroatoms. The molecule has 0 bridgehead atoms. The van der Waals surface area contributed by atoms with Crippen LogP contribution in [-0.4, -0.2) is 47.2 Å². The van der Waals surface area contributed by atoms with Crippen LogP contribution in [0.15, 0.2) is 71.6 Å². The average Bonchev–Trinajstić information content (AvgIpc) is 2.93. The number of nitrogens with zero attached hydrogens (tertiary/aromatic N) is 2. The van der Waals surface area contributed by atoms with Crippen molar-refractivity contribution in [2.75, 3.05) is 41.3 Å². The SMILES string of the molecule is COc1ccc(S(=O)(=O)N2C[C@@H](C(=O)Nc3ccc(N4CCCCC4)cc3)Oc3cc(C)ccc32)cc1. The summed E-state index contributed by atoms with van der Waals surface area (Å²) in [5, 5.41) is 2.89. The number of fused-ring (bicyclic) bond motifs is 1. The lowest BCUT2D eigenvalue weighted by molar-refractivity contribution is -0.122. The van der Waals surface area contributed by atoms with Gasteiger partial charge < -0.3 is 19.7 Å². The van der Waals surface area contributed by atoms with Gasteiger partial charge in [0.25, 0.3) is 15.9 Å². The van der Waals surface area contributed by atoms with Crippen LogP contribution in [0.25, 0.3) is 0 Å². The normalized spacial score (nSPS) is 17.5. The van der Waals surface area contributed by atoms with Gasteiger partial charge in [0.15, 0.2) is 6.10 Å². The summed E-state index contributed by atoms with van der Waals surface area (Å²) in [5.74, 6) is 0.497. The third-order valence-electron chi connectivity index (χ3n) is 6.78. The van der Waals surface area contributed by atoms with Crippen LogP contribution in [0.3, 0.4) is 0 Å². The maximum atomic E-state index is 13.6. The van der Waals surface area contributed by atoms with Crippen LogP contribution in [0.5, 0.6) is 11.5 Å². The molecule has 0 aliphatic carbocycles. The summed E-state index contributed by atoms with van der Waals surface area (Å²) in [5.41, 5.74) is 3.06. The second-order valence-electron chi connectivity index (χ2n) is 9.37. The fraction of sp³-hybridized carbons (Fsp3) is 0.321. The number of hydrogen-bond acceptors (Lipinski definition) is 6. The van der Waals surface area contributed by atoms with Crippen molar-refractivity contribution in [3.05, 3.63) is 72.3 Å². The number of rotatable bonds is 6. The molecule has 0 unspecified atom stereocenters. The maximum Gasteiger partial charge on any atom is 0.267 e. The Bertz CT molecular complexity index is 1370. The van der Waals surface area contributed by atoms with Gasteiger partial charge in [-0.3, -0.25) is 9.10 Å². The van der Waals surface area contributed by atoms with E-state index in [1.807, 2.05) is 37.3 Å². The first kappa shape index (κ1) is 25.0. The quantitative estimate of drug-likeness (QED) is 0.511. The minimum Gasteiger partial charge on any atom is -0.497 e. The van der Waals surface area contributed by atoms with Gasteiger partial charge in [-0.05, 0) is 92.4 Å². The van der Waals surface area contributed by atoms with E-state index in [0.717, 1.165) is 24.3 Å². The number of benzene rings is 3. The Labute approximate surface area is 217 Å². The van der Waals surface area contributed by atoms with Crippen LogP contribution in [0.4, 0.5) is 17.1 Å². The van der Waals surface area contributed by atoms with Crippen LogP contribution in [0.2, 0.25) is 0 Å². The smallest absolute Gasteiger partial charge is 0.267 e. The van der Waals surface area contributed by atoms with E-state index in [-0.39, 0.29) is 11.4 Å². The number of aryl methyl sites for hydroxylation is 1. The molecule has 1 atom stereocenters. The summed E-state index contributed by atoms with van der Waals surface area (Å²) in [4.78, 5) is 15.7. The topological polar surface area (TPSA) is 88.2 Å². The molecule has 1 fully saturated rings. The molecule has 3 aromatic carbocycles. The second kappa shape index (κ2) is 10.3. The largest absolute Gasteiger partial charge is 0.497 e. The Morgan fingerprint density at radius 1 is 0.973 bits per heavy atom. The predicted molar refractivity (Wildman–Crippen MR) is 144 cm³/mol. The summed E-state index contributed by atoms with van der Waals surface area (Å²) in [7, 11) is -2.44. The van der Waals surface area contributed by atoms with Gasteiger partial charge >= 0.3 is 0 Å². The highest BCUT2D eigenvalue weighted by atomic mass is 32.2. The standard InChI is InChI=1S/C28H31N3O5S/c1-20-6-15-25-26(18-20)36-27(19-31(25)37(33,34)24-13-11-23(35-2)12-14-24)28(32)29-21-7-9-22(10-8-21)30-16-4-3-5-17-30/h6-15,18,27H,3-5,16-17,19H2,1-2H3,(H,29,32)/t27-/m0/s1.